The Morgan fingerprint density at radius 3 is 2.08 bits per heavy atom. The summed E-state index contributed by atoms with van der Waals surface area (Å²) in [4.78, 5) is 12.3. The first kappa shape index (κ1) is 26.6. The summed E-state index contributed by atoms with van der Waals surface area (Å²) in [6.45, 7) is 2.63. The zero-order valence-corrected chi connectivity index (χ0v) is 21.9. The van der Waals surface area contributed by atoms with Crippen LogP contribution in [0.1, 0.15) is 30.1 Å². The largest absolute Gasteiger partial charge is 0.497 e. The second kappa shape index (κ2) is 12.2. The maximum Gasteiger partial charge on any atom is 0.132 e. The van der Waals surface area contributed by atoms with Crippen LogP contribution in [0.2, 0.25) is 0 Å². The van der Waals surface area contributed by atoms with Gasteiger partial charge < -0.3 is 9.47 Å². The Labute approximate surface area is 223 Å². The molecular weight excluding hydrogens is 489 g/mol. The summed E-state index contributed by atoms with van der Waals surface area (Å²) in [6, 6.07) is 22.8. The molecule has 5 nitrogen and oxygen atoms in total. The van der Waals surface area contributed by atoms with Gasteiger partial charge in [0, 0.05) is 29.8 Å². The molecule has 192 valence electrons. The molecular formula is C30H31ClFN3O2. The van der Waals surface area contributed by atoms with Crippen molar-refractivity contribution < 1.29 is 13.9 Å². The third-order valence-electron chi connectivity index (χ3n) is 6.82. The van der Waals surface area contributed by atoms with Gasteiger partial charge in [-0.3, -0.25) is 4.90 Å². The van der Waals surface area contributed by atoms with Gasteiger partial charge in [0.05, 0.1) is 19.9 Å². The molecule has 1 aromatic heterocycles. The summed E-state index contributed by atoms with van der Waals surface area (Å²) in [5.74, 6) is 2.61. The summed E-state index contributed by atoms with van der Waals surface area (Å²) in [5.41, 5.74) is 4.97. The van der Waals surface area contributed by atoms with Gasteiger partial charge >= 0.3 is 0 Å². The van der Waals surface area contributed by atoms with Gasteiger partial charge in [0.15, 0.2) is 0 Å². The van der Waals surface area contributed by atoms with Crippen molar-refractivity contribution in [3.8, 4) is 33.9 Å². The summed E-state index contributed by atoms with van der Waals surface area (Å²) >= 11 is 0. The fourth-order valence-corrected chi connectivity index (χ4v) is 4.79. The van der Waals surface area contributed by atoms with Crippen LogP contribution in [0.15, 0.2) is 79.0 Å². The van der Waals surface area contributed by atoms with E-state index in [4.69, 9.17) is 19.4 Å². The Morgan fingerprint density at radius 1 is 0.865 bits per heavy atom. The molecule has 3 aromatic carbocycles. The van der Waals surface area contributed by atoms with Gasteiger partial charge in [0.2, 0.25) is 0 Å². The van der Waals surface area contributed by atoms with E-state index < -0.39 is 0 Å². The molecule has 0 N–H and O–H groups in total. The monoisotopic (exact) mass is 519 g/mol. The quantitative estimate of drug-likeness (QED) is 0.270. The van der Waals surface area contributed by atoms with Gasteiger partial charge in [0.1, 0.15) is 23.1 Å². The molecule has 0 spiro atoms. The molecule has 37 heavy (non-hydrogen) atoms. The average Bonchev–Trinajstić information content (AvgIpc) is 2.93. The molecule has 1 saturated heterocycles. The normalized spacial score (nSPS) is 14.1. The van der Waals surface area contributed by atoms with E-state index in [2.05, 4.69) is 4.90 Å². The number of piperidine rings is 1. The van der Waals surface area contributed by atoms with Gasteiger partial charge in [-0.2, -0.15) is 0 Å². The van der Waals surface area contributed by atoms with E-state index in [-0.39, 0.29) is 24.1 Å². The number of halogens is 2. The standard InChI is InChI=1S/C30H30FN3O2.ClH/c1-35-26-10-6-22(7-11-26)28-19-32-30(33-29(28)23-8-12-27(36-2)13-9-23)24-14-16-34(17-15-24)20-21-4-3-5-25(31)18-21;/h3-13,18-19,24H,14-17,20H2,1-2H3;1H. The van der Waals surface area contributed by atoms with Crippen LogP contribution < -0.4 is 9.47 Å². The van der Waals surface area contributed by atoms with Gasteiger partial charge in [-0.1, -0.05) is 24.3 Å². The third kappa shape index (κ3) is 6.27. The summed E-state index contributed by atoms with van der Waals surface area (Å²) in [5, 5.41) is 0. The molecule has 1 aliphatic heterocycles. The van der Waals surface area contributed by atoms with Crippen molar-refractivity contribution in [2.24, 2.45) is 0 Å². The average molecular weight is 520 g/mol. The van der Waals surface area contributed by atoms with Crippen molar-refractivity contribution in [3.05, 3.63) is 96.2 Å². The van der Waals surface area contributed by atoms with Crippen LogP contribution in [0.3, 0.4) is 0 Å². The molecule has 4 aromatic rings. The molecule has 0 bridgehead atoms. The van der Waals surface area contributed by atoms with Crippen LogP contribution in [0.5, 0.6) is 11.5 Å². The Morgan fingerprint density at radius 2 is 1.49 bits per heavy atom. The second-order valence-corrected chi connectivity index (χ2v) is 9.13. The van der Waals surface area contributed by atoms with E-state index in [1.54, 1.807) is 26.4 Å². The maximum atomic E-state index is 13.6. The molecule has 0 atom stereocenters. The topological polar surface area (TPSA) is 47.5 Å². The Balaban J connectivity index is 0.00000320. The van der Waals surface area contributed by atoms with Crippen LogP contribution in [0, 0.1) is 5.82 Å². The van der Waals surface area contributed by atoms with E-state index >= 15 is 0 Å². The number of nitrogens with zero attached hydrogens (tertiary/aromatic N) is 3. The molecule has 5 rings (SSSR count). The highest BCUT2D eigenvalue weighted by Gasteiger charge is 2.24. The van der Waals surface area contributed by atoms with Crippen LogP contribution in [0.4, 0.5) is 4.39 Å². The first-order valence-electron chi connectivity index (χ1n) is 12.3. The first-order chi connectivity index (χ1) is 17.6. The third-order valence-corrected chi connectivity index (χ3v) is 6.82. The minimum absolute atomic E-state index is 0. The zero-order chi connectivity index (χ0) is 24.9. The van der Waals surface area contributed by atoms with E-state index in [9.17, 15) is 4.39 Å². The van der Waals surface area contributed by atoms with Crippen LogP contribution in [-0.4, -0.2) is 42.2 Å². The van der Waals surface area contributed by atoms with Crippen LogP contribution in [-0.2, 0) is 6.54 Å². The summed E-state index contributed by atoms with van der Waals surface area (Å²) < 4.78 is 24.2. The molecule has 7 heteroatoms. The van der Waals surface area contributed by atoms with Crippen molar-refractivity contribution >= 4 is 12.4 Å². The Hall–Kier alpha value is -3.48. The number of benzene rings is 3. The molecule has 0 aliphatic carbocycles. The van der Waals surface area contributed by atoms with E-state index in [0.29, 0.717) is 0 Å². The van der Waals surface area contributed by atoms with E-state index in [0.717, 1.165) is 77.7 Å². The van der Waals surface area contributed by atoms with Crippen molar-refractivity contribution in [3.63, 3.8) is 0 Å². The number of hydrogen-bond donors (Lipinski definition) is 0. The summed E-state index contributed by atoms with van der Waals surface area (Å²) in [7, 11) is 3.33. The fraction of sp³-hybridized carbons (Fsp3) is 0.267. The van der Waals surface area contributed by atoms with Crippen molar-refractivity contribution in [2.45, 2.75) is 25.3 Å². The number of aromatic nitrogens is 2. The minimum atomic E-state index is -0.182. The zero-order valence-electron chi connectivity index (χ0n) is 21.1. The molecule has 0 unspecified atom stereocenters. The van der Waals surface area contributed by atoms with Crippen LogP contribution >= 0.6 is 12.4 Å². The molecule has 0 amide bonds. The molecule has 1 aliphatic rings. The van der Waals surface area contributed by atoms with Crippen LogP contribution in [0.25, 0.3) is 22.4 Å². The van der Waals surface area contributed by atoms with Crippen molar-refractivity contribution in [2.75, 3.05) is 27.3 Å². The number of methoxy groups -OCH3 is 2. The maximum absolute atomic E-state index is 13.6. The van der Waals surface area contributed by atoms with Crippen molar-refractivity contribution in [1.82, 2.24) is 14.9 Å². The lowest BCUT2D eigenvalue weighted by Gasteiger charge is -2.31. The van der Waals surface area contributed by atoms with Gasteiger partial charge in [-0.05, 0) is 85.6 Å². The predicted octanol–water partition coefficient (Wildman–Crippen LogP) is 6.77. The van der Waals surface area contributed by atoms with Crippen molar-refractivity contribution in [1.29, 1.82) is 0 Å². The number of ether oxygens (including phenoxy) is 2. The smallest absolute Gasteiger partial charge is 0.132 e. The second-order valence-electron chi connectivity index (χ2n) is 9.13. The highest BCUT2D eigenvalue weighted by Crippen LogP contribution is 2.35. The number of rotatable bonds is 7. The lowest BCUT2D eigenvalue weighted by atomic mass is 9.94. The highest BCUT2D eigenvalue weighted by atomic mass is 35.5. The van der Waals surface area contributed by atoms with Gasteiger partial charge in [-0.25, -0.2) is 14.4 Å². The Bertz CT molecular complexity index is 1310. The molecule has 0 radical (unpaired) electrons. The molecule has 1 fully saturated rings. The predicted molar refractivity (Wildman–Crippen MR) is 147 cm³/mol. The van der Waals surface area contributed by atoms with E-state index in [1.165, 1.54) is 6.07 Å². The Kier molecular flexibility index (Phi) is 8.74. The molecule has 2 heterocycles. The molecule has 0 saturated carbocycles. The van der Waals surface area contributed by atoms with Gasteiger partial charge in [0.25, 0.3) is 0 Å². The number of likely N-dealkylation sites (tertiary alicyclic amines) is 1. The SMILES string of the molecule is COc1ccc(-c2cnc(C3CCN(Cc4cccc(F)c4)CC3)nc2-c2ccc(OC)cc2)cc1.Cl. The number of hydrogen-bond acceptors (Lipinski definition) is 5. The fourth-order valence-electron chi connectivity index (χ4n) is 4.79. The minimum Gasteiger partial charge on any atom is -0.497 e. The highest BCUT2D eigenvalue weighted by molar-refractivity contribution is 5.85. The lowest BCUT2D eigenvalue weighted by molar-refractivity contribution is 0.201. The van der Waals surface area contributed by atoms with Gasteiger partial charge in [-0.15, -0.1) is 12.4 Å². The summed E-state index contributed by atoms with van der Waals surface area (Å²) in [6.07, 6.45) is 3.89. The lowest BCUT2D eigenvalue weighted by Crippen LogP contribution is -2.33. The first-order valence-corrected chi connectivity index (χ1v) is 12.3. The van der Waals surface area contributed by atoms with E-state index in [1.807, 2.05) is 60.8 Å².